The van der Waals surface area contributed by atoms with Crippen LogP contribution in [0.15, 0.2) is 0 Å². The summed E-state index contributed by atoms with van der Waals surface area (Å²) in [6, 6.07) is 0. The Morgan fingerprint density at radius 3 is 2.21 bits per heavy atom. The van der Waals surface area contributed by atoms with Crippen molar-refractivity contribution < 1.29 is 13.5 Å². The smallest absolute Gasteiger partial charge is 0.250 e. The highest BCUT2D eigenvalue weighted by Crippen LogP contribution is 2.45. The van der Waals surface area contributed by atoms with Crippen molar-refractivity contribution in [3.8, 4) is 0 Å². The van der Waals surface area contributed by atoms with Gasteiger partial charge in [0.15, 0.2) is 0 Å². The summed E-state index contributed by atoms with van der Waals surface area (Å²) >= 11 is 0. The molecule has 0 saturated heterocycles. The molecule has 0 aromatic heterocycles. The van der Waals surface area contributed by atoms with Crippen LogP contribution in [0.1, 0.15) is 40.0 Å². The second-order valence-electron chi connectivity index (χ2n) is 5.42. The van der Waals surface area contributed by atoms with Gasteiger partial charge in [0, 0.05) is 20.0 Å². The van der Waals surface area contributed by atoms with Gasteiger partial charge in [-0.25, -0.2) is 8.78 Å². The molecule has 1 nitrogen and oxygen atoms in total. The van der Waals surface area contributed by atoms with Gasteiger partial charge in [0.05, 0.1) is 6.10 Å². The maximum atomic E-state index is 13.3. The quantitative estimate of drug-likeness (QED) is 0.638. The van der Waals surface area contributed by atoms with Gasteiger partial charge < -0.3 is 4.74 Å². The van der Waals surface area contributed by atoms with E-state index in [1.54, 1.807) is 0 Å². The number of hydrogen-bond acceptors (Lipinski definition) is 1. The molecule has 0 spiro atoms. The van der Waals surface area contributed by atoms with Crippen LogP contribution >= 0.6 is 0 Å². The zero-order valence-corrected chi connectivity index (χ0v) is 9.44. The van der Waals surface area contributed by atoms with E-state index in [-0.39, 0.29) is 30.3 Å². The number of halogens is 2. The number of hydrogen-bond donors (Lipinski definition) is 0. The molecule has 1 aliphatic rings. The van der Waals surface area contributed by atoms with Gasteiger partial charge >= 0.3 is 0 Å². The number of alkyl halides is 2. The summed E-state index contributed by atoms with van der Waals surface area (Å²) in [7, 11) is 1.52. The van der Waals surface area contributed by atoms with Crippen LogP contribution in [0.4, 0.5) is 8.78 Å². The lowest BCUT2D eigenvalue weighted by atomic mass is 9.70. The Labute approximate surface area is 84.8 Å². The van der Waals surface area contributed by atoms with Gasteiger partial charge in [0.2, 0.25) is 0 Å². The molecular formula is C11H20F2O. The predicted octanol–water partition coefficient (Wildman–Crippen LogP) is 3.48. The Hall–Kier alpha value is -0.180. The molecule has 0 aliphatic heterocycles. The minimum atomic E-state index is -2.54. The van der Waals surface area contributed by atoms with Crippen LogP contribution < -0.4 is 0 Å². The molecule has 1 aliphatic carbocycles. The summed E-state index contributed by atoms with van der Waals surface area (Å²) in [6.45, 7) is 6.06. The molecule has 2 unspecified atom stereocenters. The first kappa shape index (κ1) is 11.9. The average Bonchev–Trinajstić information content (AvgIpc) is 1.99. The molecule has 0 aromatic rings. The zero-order chi connectivity index (χ0) is 11.0. The molecule has 0 N–H and O–H groups in total. The monoisotopic (exact) mass is 206 g/mol. The summed E-state index contributed by atoms with van der Waals surface area (Å²) in [6.07, 6.45) is 0.380. The summed E-state index contributed by atoms with van der Waals surface area (Å²) < 4.78 is 31.8. The van der Waals surface area contributed by atoms with E-state index >= 15 is 0 Å². The summed E-state index contributed by atoms with van der Waals surface area (Å²) in [5, 5.41) is 0. The average molecular weight is 206 g/mol. The van der Waals surface area contributed by atoms with Crippen LogP contribution in [0.5, 0.6) is 0 Å². The van der Waals surface area contributed by atoms with Gasteiger partial charge in [-0.15, -0.1) is 0 Å². The number of rotatable bonds is 1. The molecule has 1 saturated carbocycles. The van der Waals surface area contributed by atoms with Crippen molar-refractivity contribution in [3.63, 3.8) is 0 Å². The molecule has 0 aromatic carbocycles. The maximum absolute atomic E-state index is 13.3. The Kier molecular flexibility index (Phi) is 3.20. The van der Waals surface area contributed by atoms with E-state index in [2.05, 4.69) is 0 Å². The highest BCUT2D eigenvalue weighted by molar-refractivity contribution is 4.89. The van der Waals surface area contributed by atoms with E-state index in [1.807, 2.05) is 20.8 Å². The van der Waals surface area contributed by atoms with Crippen LogP contribution in [0.3, 0.4) is 0 Å². The Bertz CT molecular complexity index is 196. The third-order valence-corrected chi connectivity index (χ3v) is 3.18. The number of methoxy groups -OCH3 is 1. The van der Waals surface area contributed by atoms with Crippen LogP contribution in [-0.2, 0) is 4.74 Å². The van der Waals surface area contributed by atoms with Crippen LogP contribution in [0.25, 0.3) is 0 Å². The molecule has 0 radical (unpaired) electrons. The van der Waals surface area contributed by atoms with Gasteiger partial charge in [-0.3, -0.25) is 0 Å². The maximum Gasteiger partial charge on any atom is 0.250 e. The topological polar surface area (TPSA) is 9.23 Å². The highest BCUT2D eigenvalue weighted by Gasteiger charge is 2.44. The molecule has 84 valence electrons. The highest BCUT2D eigenvalue weighted by atomic mass is 19.3. The zero-order valence-electron chi connectivity index (χ0n) is 9.44. The summed E-state index contributed by atoms with van der Waals surface area (Å²) in [4.78, 5) is 0. The van der Waals surface area contributed by atoms with E-state index in [9.17, 15) is 8.78 Å². The molecule has 14 heavy (non-hydrogen) atoms. The fourth-order valence-corrected chi connectivity index (χ4v) is 2.10. The standard InChI is InChI=1S/C11H20F2O/c1-10(2,3)8-5-9(14-4)7-11(12,13)6-8/h8-9H,5-7H2,1-4H3. The second-order valence-corrected chi connectivity index (χ2v) is 5.42. The SMILES string of the molecule is COC1CC(C(C)(C)C)CC(F)(F)C1. The fraction of sp³-hybridized carbons (Fsp3) is 1.00. The first-order chi connectivity index (χ1) is 6.24. The van der Waals surface area contributed by atoms with Crippen molar-refractivity contribution >= 4 is 0 Å². The molecule has 0 amide bonds. The van der Waals surface area contributed by atoms with Gasteiger partial charge in [-0.1, -0.05) is 20.8 Å². The lowest BCUT2D eigenvalue weighted by Crippen LogP contribution is -2.40. The van der Waals surface area contributed by atoms with E-state index in [4.69, 9.17) is 4.74 Å². The molecule has 0 heterocycles. The van der Waals surface area contributed by atoms with Crippen molar-refractivity contribution in [2.24, 2.45) is 11.3 Å². The Morgan fingerprint density at radius 1 is 1.21 bits per heavy atom. The van der Waals surface area contributed by atoms with Crippen molar-refractivity contribution in [3.05, 3.63) is 0 Å². The lowest BCUT2D eigenvalue weighted by Gasteiger charge is -2.40. The lowest BCUT2D eigenvalue weighted by molar-refractivity contribution is -0.121. The van der Waals surface area contributed by atoms with E-state index in [1.165, 1.54) is 7.11 Å². The fourth-order valence-electron chi connectivity index (χ4n) is 2.10. The van der Waals surface area contributed by atoms with Crippen molar-refractivity contribution in [2.45, 2.75) is 52.1 Å². The third-order valence-electron chi connectivity index (χ3n) is 3.18. The minimum Gasteiger partial charge on any atom is -0.381 e. The van der Waals surface area contributed by atoms with Crippen LogP contribution in [0, 0.1) is 11.3 Å². The first-order valence-electron chi connectivity index (χ1n) is 5.15. The molecule has 1 fully saturated rings. The van der Waals surface area contributed by atoms with Gasteiger partial charge in [-0.05, 0) is 17.8 Å². The molecule has 0 bridgehead atoms. The molecule has 2 atom stereocenters. The third kappa shape index (κ3) is 2.91. The predicted molar refractivity (Wildman–Crippen MR) is 52.5 cm³/mol. The Balaban J connectivity index is 2.71. The Morgan fingerprint density at radius 2 is 1.79 bits per heavy atom. The number of ether oxygens (including phenoxy) is 1. The van der Waals surface area contributed by atoms with Crippen molar-refractivity contribution in [2.75, 3.05) is 7.11 Å². The van der Waals surface area contributed by atoms with Gasteiger partial charge in [0.25, 0.3) is 5.92 Å². The molecule has 1 rings (SSSR count). The van der Waals surface area contributed by atoms with E-state index in [0.717, 1.165) is 6.42 Å². The normalized spacial score (nSPS) is 33.0. The largest absolute Gasteiger partial charge is 0.381 e. The molecule has 3 heteroatoms. The summed E-state index contributed by atoms with van der Waals surface area (Å²) in [5.41, 5.74) is -0.0549. The van der Waals surface area contributed by atoms with Crippen LogP contribution in [-0.4, -0.2) is 19.1 Å². The van der Waals surface area contributed by atoms with Gasteiger partial charge in [0.1, 0.15) is 0 Å². The second kappa shape index (κ2) is 3.76. The van der Waals surface area contributed by atoms with E-state index < -0.39 is 5.92 Å². The minimum absolute atomic E-state index is 0.0103. The first-order valence-corrected chi connectivity index (χ1v) is 5.15. The van der Waals surface area contributed by atoms with E-state index in [0.29, 0.717) is 0 Å². The van der Waals surface area contributed by atoms with Crippen molar-refractivity contribution in [1.29, 1.82) is 0 Å². The molecular weight excluding hydrogens is 186 g/mol. The van der Waals surface area contributed by atoms with Crippen LogP contribution in [0.2, 0.25) is 0 Å². The van der Waals surface area contributed by atoms with Crippen molar-refractivity contribution in [1.82, 2.24) is 0 Å². The summed E-state index contributed by atoms with van der Waals surface area (Å²) in [5.74, 6) is -2.49. The van der Waals surface area contributed by atoms with Gasteiger partial charge in [-0.2, -0.15) is 0 Å².